The average molecular weight is 258 g/mol. The number of benzene rings is 1. The van der Waals surface area contributed by atoms with Gasteiger partial charge in [-0.25, -0.2) is 0 Å². The molecule has 0 aliphatic carbocycles. The number of thiophene rings is 1. The van der Waals surface area contributed by atoms with Gasteiger partial charge in [-0.15, -0.1) is 0 Å². The van der Waals surface area contributed by atoms with Crippen LogP contribution in [0.4, 0.5) is 5.69 Å². The number of hydrogen-bond donors (Lipinski definition) is 1. The van der Waals surface area contributed by atoms with Gasteiger partial charge in [-0.1, -0.05) is 23.2 Å². The van der Waals surface area contributed by atoms with Crippen LogP contribution in [0.2, 0.25) is 10.0 Å². The SMILES string of the molecule is Clc1ccc(NCc2ccsc2)cc1Cl. The fourth-order valence-corrected chi connectivity index (χ4v) is 2.17. The van der Waals surface area contributed by atoms with Crippen molar-refractivity contribution in [3.63, 3.8) is 0 Å². The topological polar surface area (TPSA) is 12.0 Å². The number of hydrogen-bond acceptors (Lipinski definition) is 2. The van der Waals surface area contributed by atoms with E-state index in [1.165, 1.54) is 5.56 Å². The standard InChI is InChI=1S/C11H9Cl2NS/c12-10-2-1-9(5-11(10)13)14-6-8-3-4-15-7-8/h1-5,7,14H,6H2. The van der Waals surface area contributed by atoms with Gasteiger partial charge < -0.3 is 5.32 Å². The molecule has 78 valence electrons. The van der Waals surface area contributed by atoms with Gasteiger partial charge >= 0.3 is 0 Å². The van der Waals surface area contributed by atoms with Crippen LogP contribution in [0.25, 0.3) is 0 Å². The van der Waals surface area contributed by atoms with Crippen molar-refractivity contribution in [2.75, 3.05) is 5.32 Å². The minimum Gasteiger partial charge on any atom is -0.381 e. The molecule has 0 bridgehead atoms. The van der Waals surface area contributed by atoms with Crippen LogP contribution in [0.1, 0.15) is 5.56 Å². The molecule has 0 atom stereocenters. The fraction of sp³-hybridized carbons (Fsp3) is 0.0909. The molecule has 0 radical (unpaired) electrons. The summed E-state index contributed by atoms with van der Waals surface area (Å²) in [6.07, 6.45) is 0. The first-order chi connectivity index (χ1) is 7.25. The molecular formula is C11H9Cl2NS. The molecule has 0 aliphatic rings. The maximum atomic E-state index is 5.90. The minimum atomic E-state index is 0.576. The Hall–Kier alpha value is -0.700. The third-order valence-corrected chi connectivity index (χ3v) is 3.47. The van der Waals surface area contributed by atoms with Gasteiger partial charge in [-0.3, -0.25) is 0 Å². The summed E-state index contributed by atoms with van der Waals surface area (Å²) in [5.74, 6) is 0. The number of rotatable bonds is 3. The second kappa shape index (κ2) is 4.88. The quantitative estimate of drug-likeness (QED) is 0.843. The monoisotopic (exact) mass is 257 g/mol. The highest BCUT2D eigenvalue weighted by molar-refractivity contribution is 7.07. The summed E-state index contributed by atoms with van der Waals surface area (Å²) in [5.41, 5.74) is 2.25. The predicted molar refractivity (Wildman–Crippen MR) is 68.1 cm³/mol. The van der Waals surface area contributed by atoms with Crippen molar-refractivity contribution in [3.05, 3.63) is 50.6 Å². The smallest absolute Gasteiger partial charge is 0.0612 e. The van der Waals surface area contributed by atoms with E-state index in [-0.39, 0.29) is 0 Å². The van der Waals surface area contributed by atoms with E-state index in [1.54, 1.807) is 17.4 Å². The van der Waals surface area contributed by atoms with Gasteiger partial charge in [0.15, 0.2) is 0 Å². The first kappa shape index (κ1) is 10.8. The average Bonchev–Trinajstić information content (AvgIpc) is 2.73. The van der Waals surface area contributed by atoms with Crippen LogP contribution in [-0.2, 0) is 6.54 Å². The normalized spacial score (nSPS) is 10.3. The van der Waals surface area contributed by atoms with E-state index >= 15 is 0 Å². The summed E-state index contributed by atoms with van der Waals surface area (Å²) in [5, 5.41) is 8.61. The molecule has 1 nitrogen and oxygen atoms in total. The predicted octanol–water partition coefficient (Wildman–Crippen LogP) is 4.67. The molecule has 2 rings (SSSR count). The highest BCUT2D eigenvalue weighted by Gasteiger charge is 1.99. The lowest BCUT2D eigenvalue weighted by Gasteiger charge is -2.05. The van der Waals surface area contributed by atoms with Crippen LogP contribution >= 0.6 is 34.5 Å². The highest BCUT2D eigenvalue weighted by atomic mass is 35.5. The van der Waals surface area contributed by atoms with Gasteiger partial charge in [0.05, 0.1) is 10.0 Å². The first-order valence-electron chi connectivity index (χ1n) is 4.46. The molecule has 0 saturated carbocycles. The Morgan fingerprint density at radius 1 is 1.13 bits per heavy atom. The first-order valence-corrected chi connectivity index (χ1v) is 6.15. The molecule has 2 aromatic rings. The third-order valence-electron chi connectivity index (χ3n) is 2.00. The van der Waals surface area contributed by atoms with Crippen molar-refractivity contribution in [2.45, 2.75) is 6.54 Å². The molecule has 0 saturated heterocycles. The number of anilines is 1. The van der Waals surface area contributed by atoms with Crippen molar-refractivity contribution in [1.82, 2.24) is 0 Å². The zero-order valence-corrected chi connectivity index (χ0v) is 10.2. The van der Waals surface area contributed by atoms with E-state index in [9.17, 15) is 0 Å². The second-order valence-electron chi connectivity index (χ2n) is 3.11. The van der Waals surface area contributed by atoms with Crippen LogP contribution in [0.15, 0.2) is 35.0 Å². The molecule has 0 aliphatic heterocycles. The summed E-state index contributed by atoms with van der Waals surface area (Å²) >= 11 is 13.4. The third kappa shape index (κ3) is 2.88. The lowest BCUT2D eigenvalue weighted by molar-refractivity contribution is 1.16. The van der Waals surface area contributed by atoms with Gasteiger partial charge in [-0.05, 0) is 40.6 Å². The van der Waals surface area contributed by atoms with Crippen molar-refractivity contribution in [2.24, 2.45) is 0 Å². The van der Waals surface area contributed by atoms with Crippen LogP contribution in [-0.4, -0.2) is 0 Å². The van der Waals surface area contributed by atoms with E-state index in [1.807, 2.05) is 12.1 Å². The van der Waals surface area contributed by atoms with Crippen LogP contribution in [0.3, 0.4) is 0 Å². The molecule has 0 spiro atoms. The van der Waals surface area contributed by atoms with Crippen molar-refractivity contribution in [1.29, 1.82) is 0 Å². The molecule has 4 heteroatoms. The van der Waals surface area contributed by atoms with E-state index in [4.69, 9.17) is 23.2 Å². The van der Waals surface area contributed by atoms with Gasteiger partial charge in [0.1, 0.15) is 0 Å². The van der Waals surface area contributed by atoms with Crippen molar-refractivity contribution >= 4 is 40.2 Å². The number of halogens is 2. The number of nitrogens with one attached hydrogen (secondary N) is 1. The second-order valence-corrected chi connectivity index (χ2v) is 4.71. The Kier molecular flexibility index (Phi) is 3.52. The molecule has 1 heterocycles. The van der Waals surface area contributed by atoms with Gasteiger partial charge in [-0.2, -0.15) is 11.3 Å². The molecule has 0 amide bonds. The van der Waals surface area contributed by atoms with Gasteiger partial charge in [0.25, 0.3) is 0 Å². The van der Waals surface area contributed by atoms with E-state index in [0.717, 1.165) is 12.2 Å². The fourth-order valence-electron chi connectivity index (χ4n) is 1.20. The molecule has 1 aromatic carbocycles. The Morgan fingerprint density at radius 2 is 2.00 bits per heavy atom. The maximum Gasteiger partial charge on any atom is 0.0612 e. The minimum absolute atomic E-state index is 0.576. The Morgan fingerprint density at radius 3 is 2.67 bits per heavy atom. The lowest BCUT2D eigenvalue weighted by atomic mass is 10.3. The molecule has 1 N–H and O–H groups in total. The highest BCUT2D eigenvalue weighted by Crippen LogP contribution is 2.25. The summed E-state index contributed by atoms with van der Waals surface area (Å²) in [6, 6.07) is 7.63. The largest absolute Gasteiger partial charge is 0.381 e. The van der Waals surface area contributed by atoms with Crippen LogP contribution in [0, 0.1) is 0 Å². The Labute approximate surface area is 103 Å². The molecule has 0 fully saturated rings. The van der Waals surface area contributed by atoms with Crippen LogP contribution in [0.5, 0.6) is 0 Å². The van der Waals surface area contributed by atoms with Crippen molar-refractivity contribution < 1.29 is 0 Å². The molecular weight excluding hydrogens is 249 g/mol. The Balaban J connectivity index is 2.02. The van der Waals surface area contributed by atoms with Gasteiger partial charge in [0, 0.05) is 12.2 Å². The molecule has 1 aromatic heterocycles. The van der Waals surface area contributed by atoms with E-state index in [2.05, 4.69) is 22.1 Å². The Bertz CT molecular complexity index is 440. The molecule has 15 heavy (non-hydrogen) atoms. The zero-order chi connectivity index (χ0) is 10.7. The lowest BCUT2D eigenvalue weighted by Crippen LogP contribution is -1.97. The van der Waals surface area contributed by atoms with E-state index in [0.29, 0.717) is 10.0 Å². The summed E-state index contributed by atoms with van der Waals surface area (Å²) in [4.78, 5) is 0. The van der Waals surface area contributed by atoms with Crippen LogP contribution < -0.4 is 5.32 Å². The van der Waals surface area contributed by atoms with E-state index < -0.39 is 0 Å². The summed E-state index contributed by atoms with van der Waals surface area (Å²) < 4.78 is 0. The molecule has 0 unspecified atom stereocenters. The van der Waals surface area contributed by atoms with Crippen molar-refractivity contribution in [3.8, 4) is 0 Å². The van der Waals surface area contributed by atoms with Gasteiger partial charge in [0.2, 0.25) is 0 Å². The zero-order valence-electron chi connectivity index (χ0n) is 7.84. The maximum absolute atomic E-state index is 5.90. The summed E-state index contributed by atoms with van der Waals surface area (Å²) in [6.45, 7) is 0.807. The summed E-state index contributed by atoms with van der Waals surface area (Å²) in [7, 11) is 0.